The van der Waals surface area contributed by atoms with E-state index in [-0.39, 0.29) is 11.8 Å². The predicted octanol–water partition coefficient (Wildman–Crippen LogP) is 1.67. The van der Waals surface area contributed by atoms with E-state index in [1.54, 1.807) is 6.07 Å². The molecule has 0 saturated carbocycles. The predicted molar refractivity (Wildman–Crippen MR) is 72.7 cm³/mol. The number of nitrogens with zero attached hydrogens (tertiary/aromatic N) is 3. The maximum atomic E-state index is 10.7. The lowest BCUT2D eigenvalue weighted by Crippen LogP contribution is -2.37. The van der Waals surface area contributed by atoms with Gasteiger partial charge in [0.25, 0.3) is 5.69 Å². The van der Waals surface area contributed by atoms with E-state index in [1.165, 1.54) is 18.3 Å². The van der Waals surface area contributed by atoms with Gasteiger partial charge in [0.1, 0.15) is 6.10 Å². The van der Waals surface area contributed by atoms with Crippen LogP contribution in [0.5, 0.6) is 5.88 Å². The lowest BCUT2D eigenvalue weighted by atomic mass is 10.1. The summed E-state index contributed by atoms with van der Waals surface area (Å²) in [6.07, 6.45) is 3.69. The first-order chi connectivity index (χ1) is 9.72. The lowest BCUT2D eigenvalue weighted by molar-refractivity contribution is -0.384. The van der Waals surface area contributed by atoms with Crippen molar-refractivity contribution in [3.05, 3.63) is 34.5 Å². The molecule has 104 valence electrons. The van der Waals surface area contributed by atoms with Gasteiger partial charge in [-0.15, -0.1) is 0 Å². The van der Waals surface area contributed by atoms with E-state index >= 15 is 0 Å². The van der Waals surface area contributed by atoms with Crippen molar-refractivity contribution in [3.63, 3.8) is 0 Å². The molecule has 20 heavy (non-hydrogen) atoms. The SMILES string of the molecule is O=[N+]([O-])c1ccc2nc(O[C@H]3CCCNC3)cnc2c1. The van der Waals surface area contributed by atoms with Gasteiger partial charge in [0.05, 0.1) is 22.2 Å². The van der Waals surface area contributed by atoms with Crippen LogP contribution in [0.4, 0.5) is 5.69 Å². The molecule has 3 rings (SSSR count). The van der Waals surface area contributed by atoms with Crippen molar-refractivity contribution in [2.24, 2.45) is 0 Å². The summed E-state index contributed by atoms with van der Waals surface area (Å²) in [4.78, 5) is 18.8. The number of fused-ring (bicyclic) bond motifs is 1. The van der Waals surface area contributed by atoms with Crippen molar-refractivity contribution in [1.82, 2.24) is 15.3 Å². The number of rotatable bonds is 3. The number of nitro groups is 1. The summed E-state index contributed by atoms with van der Waals surface area (Å²) < 4.78 is 5.77. The summed E-state index contributed by atoms with van der Waals surface area (Å²) in [5.74, 6) is 0.458. The molecule has 1 aliphatic heterocycles. The van der Waals surface area contributed by atoms with Crippen molar-refractivity contribution < 1.29 is 9.66 Å². The number of benzene rings is 1. The van der Waals surface area contributed by atoms with Gasteiger partial charge in [-0.05, 0) is 25.5 Å². The van der Waals surface area contributed by atoms with Gasteiger partial charge in [-0.3, -0.25) is 10.1 Å². The monoisotopic (exact) mass is 274 g/mol. The first-order valence-corrected chi connectivity index (χ1v) is 6.51. The normalized spacial score (nSPS) is 18.9. The smallest absolute Gasteiger partial charge is 0.271 e. The summed E-state index contributed by atoms with van der Waals surface area (Å²) in [6, 6.07) is 4.42. The molecular weight excluding hydrogens is 260 g/mol. The van der Waals surface area contributed by atoms with E-state index in [0.717, 1.165) is 25.9 Å². The molecule has 0 amide bonds. The van der Waals surface area contributed by atoms with Gasteiger partial charge in [0.15, 0.2) is 0 Å². The second-order valence-corrected chi connectivity index (χ2v) is 4.72. The van der Waals surface area contributed by atoms with Crippen LogP contribution >= 0.6 is 0 Å². The quantitative estimate of drug-likeness (QED) is 0.676. The van der Waals surface area contributed by atoms with E-state index < -0.39 is 4.92 Å². The summed E-state index contributed by atoms with van der Waals surface area (Å²) in [7, 11) is 0. The van der Waals surface area contributed by atoms with Crippen LogP contribution in [-0.4, -0.2) is 34.1 Å². The molecule has 1 aromatic carbocycles. The van der Waals surface area contributed by atoms with Crippen LogP contribution in [0.25, 0.3) is 11.0 Å². The summed E-state index contributed by atoms with van der Waals surface area (Å²) in [5.41, 5.74) is 1.10. The average Bonchev–Trinajstić information content (AvgIpc) is 2.47. The van der Waals surface area contributed by atoms with Crippen LogP contribution < -0.4 is 10.1 Å². The van der Waals surface area contributed by atoms with Crippen molar-refractivity contribution in [2.75, 3.05) is 13.1 Å². The van der Waals surface area contributed by atoms with Gasteiger partial charge in [-0.1, -0.05) is 0 Å². The molecule has 1 N–H and O–H groups in total. The Labute approximate surface area is 115 Å². The second-order valence-electron chi connectivity index (χ2n) is 4.72. The molecule has 0 spiro atoms. The number of nitro benzene ring substituents is 1. The Kier molecular flexibility index (Phi) is 3.42. The largest absolute Gasteiger partial charge is 0.472 e. The van der Waals surface area contributed by atoms with Gasteiger partial charge < -0.3 is 10.1 Å². The van der Waals surface area contributed by atoms with Gasteiger partial charge in [0.2, 0.25) is 5.88 Å². The van der Waals surface area contributed by atoms with Crippen molar-refractivity contribution >= 4 is 16.7 Å². The fourth-order valence-electron chi connectivity index (χ4n) is 2.24. The van der Waals surface area contributed by atoms with Crippen LogP contribution in [0.3, 0.4) is 0 Å². The molecule has 0 unspecified atom stereocenters. The van der Waals surface area contributed by atoms with Crippen LogP contribution in [0.1, 0.15) is 12.8 Å². The third-order valence-corrected chi connectivity index (χ3v) is 3.25. The fourth-order valence-corrected chi connectivity index (χ4v) is 2.24. The maximum absolute atomic E-state index is 10.7. The second kappa shape index (κ2) is 5.38. The highest BCUT2D eigenvalue weighted by atomic mass is 16.6. The molecule has 0 aliphatic carbocycles. The Hall–Kier alpha value is -2.28. The van der Waals surface area contributed by atoms with Gasteiger partial charge in [-0.2, -0.15) is 0 Å². The minimum atomic E-state index is -0.445. The number of ether oxygens (including phenoxy) is 1. The van der Waals surface area contributed by atoms with Crippen LogP contribution in [0.15, 0.2) is 24.4 Å². The highest BCUT2D eigenvalue weighted by Crippen LogP contribution is 2.20. The minimum absolute atomic E-state index is 0.0111. The zero-order valence-electron chi connectivity index (χ0n) is 10.8. The van der Waals surface area contributed by atoms with E-state index in [0.29, 0.717) is 16.9 Å². The number of hydrogen-bond acceptors (Lipinski definition) is 6. The van der Waals surface area contributed by atoms with E-state index in [1.807, 2.05) is 0 Å². The molecule has 0 radical (unpaired) electrons. The van der Waals surface area contributed by atoms with E-state index in [2.05, 4.69) is 15.3 Å². The first kappa shape index (κ1) is 12.7. The highest BCUT2D eigenvalue weighted by Gasteiger charge is 2.15. The number of non-ortho nitro benzene ring substituents is 1. The minimum Gasteiger partial charge on any atom is -0.472 e. The Balaban J connectivity index is 1.83. The summed E-state index contributed by atoms with van der Waals surface area (Å²) in [6.45, 7) is 1.83. The molecule has 1 atom stereocenters. The molecule has 1 aromatic heterocycles. The topological polar surface area (TPSA) is 90.2 Å². The summed E-state index contributed by atoms with van der Waals surface area (Å²) in [5, 5.41) is 14.0. The zero-order chi connectivity index (χ0) is 13.9. The van der Waals surface area contributed by atoms with Crippen LogP contribution in [-0.2, 0) is 0 Å². The molecular formula is C13H14N4O3. The average molecular weight is 274 g/mol. The third kappa shape index (κ3) is 2.67. The van der Waals surface area contributed by atoms with Gasteiger partial charge in [0, 0.05) is 18.7 Å². The molecule has 1 saturated heterocycles. The lowest BCUT2D eigenvalue weighted by Gasteiger charge is -2.23. The molecule has 2 heterocycles. The van der Waals surface area contributed by atoms with Gasteiger partial charge >= 0.3 is 0 Å². The van der Waals surface area contributed by atoms with Crippen molar-refractivity contribution in [3.8, 4) is 5.88 Å². The standard InChI is InChI=1S/C13H14N4O3/c18-17(19)9-3-4-11-12(6-9)15-8-13(16-11)20-10-2-1-5-14-7-10/h3-4,6,8,10,14H,1-2,5,7H2/t10-/m0/s1. The number of piperidine rings is 1. The number of aromatic nitrogens is 2. The molecule has 7 heteroatoms. The zero-order valence-corrected chi connectivity index (χ0v) is 10.8. The number of nitrogens with one attached hydrogen (secondary N) is 1. The molecule has 1 aliphatic rings. The first-order valence-electron chi connectivity index (χ1n) is 6.51. The maximum Gasteiger partial charge on any atom is 0.271 e. The fraction of sp³-hybridized carbons (Fsp3) is 0.385. The van der Waals surface area contributed by atoms with Crippen LogP contribution in [0, 0.1) is 10.1 Å². The van der Waals surface area contributed by atoms with Crippen LogP contribution in [0.2, 0.25) is 0 Å². The highest BCUT2D eigenvalue weighted by molar-refractivity contribution is 5.77. The van der Waals surface area contributed by atoms with Crippen molar-refractivity contribution in [1.29, 1.82) is 0 Å². The molecule has 7 nitrogen and oxygen atoms in total. The Bertz CT molecular complexity index is 641. The Morgan fingerprint density at radius 3 is 3.05 bits per heavy atom. The van der Waals surface area contributed by atoms with Crippen molar-refractivity contribution in [2.45, 2.75) is 18.9 Å². The Morgan fingerprint density at radius 2 is 2.30 bits per heavy atom. The Morgan fingerprint density at radius 1 is 1.40 bits per heavy atom. The van der Waals surface area contributed by atoms with E-state index in [4.69, 9.17) is 4.74 Å². The molecule has 0 bridgehead atoms. The third-order valence-electron chi connectivity index (χ3n) is 3.25. The molecule has 2 aromatic rings. The molecule has 1 fully saturated rings. The number of hydrogen-bond donors (Lipinski definition) is 1. The van der Waals surface area contributed by atoms with E-state index in [9.17, 15) is 10.1 Å². The van der Waals surface area contributed by atoms with Gasteiger partial charge in [-0.25, -0.2) is 9.97 Å². The summed E-state index contributed by atoms with van der Waals surface area (Å²) >= 11 is 0.